The lowest BCUT2D eigenvalue weighted by atomic mass is 10.0. The molecule has 0 N–H and O–H groups in total. The standard InChI is InChI=1S/C24H26F3NO2/c25-24(26,27)21-10-7-18(8-11-21)4-5-19-6-9-20-12-13-28(22(20)17-19)14-16-30-23-3-1-2-15-29-23/h6-13,17,23H,1-5,14-16H2. The molecule has 6 heteroatoms. The van der Waals surface area contributed by atoms with E-state index in [1.165, 1.54) is 10.9 Å². The normalized spacial score (nSPS) is 17.5. The summed E-state index contributed by atoms with van der Waals surface area (Å²) in [4.78, 5) is 0. The zero-order chi connectivity index (χ0) is 21.0. The molecular formula is C24H26F3NO2. The average molecular weight is 417 g/mol. The Bertz CT molecular complexity index is 957. The molecule has 160 valence electrons. The lowest BCUT2D eigenvalue weighted by Gasteiger charge is -2.22. The Morgan fingerprint density at radius 2 is 1.73 bits per heavy atom. The van der Waals surface area contributed by atoms with Crippen molar-refractivity contribution in [3.63, 3.8) is 0 Å². The van der Waals surface area contributed by atoms with Gasteiger partial charge in [-0.3, -0.25) is 0 Å². The van der Waals surface area contributed by atoms with Gasteiger partial charge in [0.25, 0.3) is 0 Å². The second kappa shape index (κ2) is 9.23. The second-order valence-corrected chi connectivity index (χ2v) is 7.76. The number of halogens is 3. The predicted octanol–water partition coefficient (Wildman–Crippen LogP) is 5.99. The van der Waals surface area contributed by atoms with Crippen LogP contribution in [0.1, 0.15) is 36.0 Å². The topological polar surface area (TPSA) is 23.4 Å². The van der Waals surface area contributed by atoms with Gasteiger partial charge in [0.05, 0.1) is 12.2 Å². The van der Waals surface area contributed by atoms with Gasteiger partial charge in [0.2, 0.25) is 0 Å². The first kappa shape index (κ1) is 20.9. The summed E-state index contributed by atoms with van der Waals surface area (Å²) in [5.41, 5.74) is 2.61. The van der Waals surface area contributed by atoms with E-state index in [1.807, 2.05) is 0 Å². The Hall–Kier alpha value is -2.31. The third kappa shape index (κ3) is 5.24. The van der Waals surface area contributed by atoms with Crippen LogP contribution >= 0.6 is 0 Å². The van der Waals surface area contributed by atoms with E-state index in [2.05, 4.69) is 35.0 Å². The molecule has 2 aromatic carbocycles. The number of nitrogens with zero attached hydrogens (tertiary/aromatic N) is 1. The summed E-state index contributed by atoms with van der Waals surface area (Å²) in [6, 6.07) is 13.9. The van der Waals surface area contributed by atoms with Gasteiger partial charge in [0.15, 0.2) is 6.29 Å². The van der Waals surface area contributed by atoms with Crippen molar-refractivity contribution in [2.45, 2.75) is 51.1 Å². The maximum Gasteiger partial charge on any atom is 0.416 e. The first-order chi connectivity index (χ1) is 14.5. The number of ether oxygens (including phenoxy) is 2. The van der Waals surface area contributed by atoms with E-state index in [0.717, 1.165) is 62.0 Å². The number of fused-ring (bicyclic) bond motifs is 1. The summed E-state index contributed by atoms with van der Waals surface area (Å²) in [7, 11) is 0. The molecule has 0 radical (unpaired) electrons. The Kier molecular flexibility index (Phi) is 6.44. The SMILES string of the molecule is FC(F)(F)c1ccc(CCc2ccc3ccn(CCOC4CCCCO4)c3c2)cc1. The molecule has 1 aliphatic rings. The van der Waals surface area contributed by atoms with E-state index in [0.29, 0.717) is 13.0 Å². The van der Waals surface area contributed by atoms with Gasteiger partial charge in [-0.15, -0.1) is 0 Å². The van der Waals surface area contributed by atoms with Crippen LogP contribution in [-0.2, 0) is 35.0 Å². The van der Waals surface area contributed by atoms with Gasteiger partial charge in [0.1, 0.15) is 0 Å². The third-order valence-electron chi connectivity index (χ3n) is 5.60. The fourth-order valence-corrected chi connectivity index (χ4v) is 3.85. The highest BCUT2D eigenvalue weighted by Gasteiger charge is 2.29. The summed E-state index contributed by atoms with van der Waals surface area (Å²) in [6.07, 6.45) is 2.39. The van der Waals surface area contributed by atoms with Crippen molar-refractivity contribution in [1.29, 1.82) is 0 Å². The van der Waals surface area contributed by atoms with Crippen LogP contribution in [0.4, 0.5) is 13.2 Å². The highest BCUT2D eigenvalue weighted by Crippen LogP contribution is 2.29. The van der Waals surface area contributed by atoms with Crippen molar-refractivity contribution in [3.05, 3.63) is 71.4 Å². The van der Waals surface area contributed by atoms with E-state index in [4.69, 9.17) is 9.47 Å². The van der Waals surface area contributed by atoms with Crippen LogP contribution in [0.15, 0.2) is 54.7 Å². The lowest BCUT2D eigenvalue weighted by Crippen LogP contribution is -2.23. The zero-order valence-corrected chi connectivity index (χ0v) is 16.8. The molecule has 0 amide bonds. The minimum absolute atomic E-state index is 0.0835. The molecule has 0 aliphatic carbocycles. The molecule has 1 aliphatic heterocycles. The monoisotopic (exact) mass is 417 g/mol. The number of aromatic nitrogens is 1. The maximum absolute atomic E-state index is 12.7. The third-order valence-corrected chi connectivity index (χ3v) is 5.60. The number of rotatable bonds is 7. The molecule has 2 heterocycles. The van der Waals surface area contributed by atoms with Crippen LogP contribution in [0, 0.1) is 0 Å². The smallest absolute Gasteiger partial charge is 0.353 e. The summed E-state index contributed by atoms with van der Waals surface area (Å²) in [5, 5.41) is 1.17. The maximum atomic E-state index is 12.7. The van der Waals surface area contributed by atoms with Gasteiger partial charge in [-0.2, -0.15) is 13.2 Å². The highest BCUT2D eigenvalue weighted by molar-refractivity contribution is 5.80. The fourth-order valence-electron chi connectivity index (χ4n) is 3.85. The molecule has 1 unspecified atom stereocenters. The van der Waals surface area contributed by atoms with Gasteiger partial charge in [-0.1, -0.05) is 24.3 Å². The van der Waals surface area contributed by atoms with E-state index >= 15 is 0 Å². The van der Waals surface area contributed by atoms with E-state index < -0.39 is 11.7 Å². The highest BCUT2D eigenvalue weighted by atomic mass is 19.4. The minimum Gasteiger partial charge on any atom is -0.353 e. The Balaban J connectivity index is 1.36. The number of hydrogen-bond acceptors (Lipinski definition) is 2. The minimum atomic E-state index is -4.29. The van der Waals surface area contributed by atoms with Crippen LogP contribution in [0.2, 0.25) is 0 Å². The second-order valence-electron chi connectivity index (χ2n) is 7.76. The van der Waals surface area contributed by atoms with E-state index in [9.17, 15) is 13.2 Å². The van der Waals surface area contributed by atoms with Crippen molar-refractivity contribution in [2.24, 2.45) is 0 Å². The lowest BCUT2D eigenvalue weighted by molar-refractivity contribution is -0.163. The van der Waals surface area contributed by atoms with Gasteiger partial charge < -0.3 is 14.0 Å². The summed E-state index contributed by atoms with van der Waals surface area (Å²) < 4.78 is 51.7. The van der Waals surface area contributed by atoms with Crippen molar-refractivity contribution < 1.29 is 22.6 Å². The van der Waals surface area contributed by atoms with E-state index in [1.54, 1.807) is 12.1 Å². The molecule has 3 nitrogen and oxygen atoms in total. The quantitative estimate of drug-likeness (QED) is 0.472. The molecule has 1 fully saturated rings. The van der Waals surface area contributed by atoms with E-state index in [-0.39, 0.29) is 6.29 Å². The van der Waals surface area contributed by atoms with Crippen LogP contribution < -0.4 is 0 Å². The Morgan fingerprint density at radius 1 is 0.967 bits per heavy atom. The largest absolute Gasteiger partial charge is 0.416 e. The Labute approximate surface area is 174 Å². The van der Waals surface area contributed by atoms with Crippen LogP contribution in [0.5, 0.6) is 0 Å². The molecule has 3 aromatic rings. The molecular weight excluding hydrogens is 391 g/mol. The predicted molar refractivity (Wildman–Crippen MR) is 110 cm³/mol. The summed E-state index contributed by atoms with van der Waals surface area (Å²) >= 11 is 0. The number of aryl methyl sites for hydroxylation is 2. The van der Waals surface area contributed by atoms with Crippen molar-refractivity contribution in [3.8, 4) is 0 Å². The van der Waals surface area contributed by atoms with Crippen molar-refractivity contribution in [1.82, 2.24) is 4.57 Å². The molecule has 0 saturated carbocycles. The Morgan fingerprint density at radius 3 is 2.47 bits per heavy atom. The molecule has 0 spiro atoms. The molecule has 1 atom stereocenters. The number of benzene rings is 2. The van der Waals surface area contributed by atoms with Gasteiger partial charge in [-0.05, 0) is 72.9 Å². The molecule has 1 aromatic heterocycles. The summed E-state index contributed by atoms with van der Waals surface area (Å²) in [6.45, 7) is 2.13. The average Bonchev–Trinajstić information content (AvgIpc) is 3.15. The molecule has 1 saturated heterocycles. The summed E-state index contributed by atoms with van der Waals surface area (Å²) in [5.74, 6) is 0. The van der Waals surface area contributed by atoms with Gasteiger partial charge >= 0.3 is 6.18 Å². The first-order valence-electron chi connectivity index (χ1n) is 10.5. The fraction of sp³-hybridized carbons (Fsp3) is 0.417. The van der Waals surface area contributed by atoms with Crippen LogP contribution in [0.25, 0.3) is 10.9 Å². The first-order valence-corrected chi connectivity index (χ1v) is 10.5. The number of hydrogen-bond donors (Lipinski definition) is 0. The van der Waals surface area contributed by atoms with Crippen molar-refractivity contribution in [2.75, 3.05) is 13.2 Å². The molecule has 0 bridgehead atoms. The van der Waals surface area contributed by atoms with Crippen LogP contribution in [-0.4, -0.2) is 24.1 Å². The molecule has 4 rings (SSSR count). The van der Waals surface area contributed by atoms with Crippen molar-refractivity contribution >= 4 is 10.9 Å². The zero-order valence-electron chi connectivity index (χ0n) is 16.8. The van der Waals surface area contributed by atoms with Crippen LogP contribution in [0.3, 0.4) is 0 Å². The van der Waals surface area contributed by atoms with Gasteiger partial charge in [-0.25, -0.2) is 0 Å². The number of alkyl halides is 3. The van der Waals surface area contributed by atoms with Gasteiger partial charge in [0, 0.05) is 24.9 Å². The molecule has 30 heavy (non-hydrogen) atoms.